The van der Waals surface area contributed by atoms with Crippen molar-refractivity contribution in [2.45, 2.75) is 5.92 Å². The lowest BCUT2D eigenvalue weighted by atomic mass is 10.0. The second-order valence-corrected chi connectivity index (χ2v) is 3.23. The first-order valence-corrected chi connectivity index (χ1v) is 4.45. The van der Waals surface area contributed by atoms with Gasteiger partial charge in [-0.3, -0.25) is 4.79 Å². The molecule has 0 aliphatic carbocycles. The van der Waals surface area contributed by atoms with Crippen molar-refractivity contribution in [2.24, 2.45) is 5.73 Å². The zero-order chi connectivity index (χ0) is 10.1. The minimum absolute atomic E-state index is 0. The zero-order valence-corrected chi connectivity index (χ0v) is 9.14. The molecule has 1 amide bonds. The molecule has 0 spiro atoms. The molecule has 15 heavy (non-hydrogen) atoms. The maximum Gasteiger partial charge on any atom is 0.233 e. The Morgan fingerprint density at radius 2 is 2.27 bits per heavy atom. The van der Waals surface area contributed by atoms with Crippen LogP contribution in [0.25, 0.3) is 0 Å². The summed E-state index contributed by atoms with van der Waals surface area (Å²) in [5.41, 5.74) is 7.30. The molecule has 1 aromatic rings. The quantitative estimate of drug-likeness (QED) is 0.797. The zero-order valence-electron chi connectivity index (χ0n) is 8.32. The number of benzene rings is 1. The van der Waals surface area contributed by atoms with Crippen LogP contribution < -0.4 is 15.8 Å². The third-order valence-electron chi connectivity index (χ3n) is 2.44. The molecule has 2 rings (SSSR count). The van der Waals surface area contributed by atoms with Crippen LogP contribution in [0.4, 0.5) is 5.69 Å². The van der Waals surface area contributed by atoms with Gasteiger partial charge in [-0.05, 0) is 23.8 Å². The van der Waals surface area contributed by atoms with Crippen LogP contribution in [0.15, 0.2) is 18.2 Å². The summed E-state index contributed by atoms with van der Waals surface area (Å²) in [5.74, 6) is 0.481. The predicted octanol–water partition coefficient (Wildman–Crippen LogP) is 1.11. The Morgan fingerprint density at radius 1 is 1.53 bits per heavy atom. The normalized spacial score (nSPS) is 17.7. The number of rotatable bonds is 2. The second kappa shape index (κ2) is 4.51. The van der Waals surface area contributed by atoms with Gasteiger partial charge >= 0.3 is 0 Å². The van der Waals surface area contributed by atoms with Crippen molar-refractivity contribution >= 4 is 24.0 Å². The molecule has 1 aliphatic heterocycles. The first-order valence-electron chi connectivity index (χ1n) is 4.45. The van der Waals surface area contributed by atoms with E-state index in [1.165, 1.54) is 0 Å². The van der Waals surface area contributed by atoms with E-state index >= 15 is 0 Å². The van der Waals surface area contributed by atoms with Gasteiger partial charge in [-0.2, -0.15) is 0 Å². The number of fused-ring (bicyclic) bond motifs is 1. The molecule has 0 aromatic heterocycles. The van der Waals surface area contributed by atoms with Gasteiger partial charge in [-0.25, -0.2) is 0 Å². The molecule has 1 atom stereocenters. The van der Waals surface area contributed by atoms with Gasteiger partial charge in [0.25, 0.3) is 0 Å². The highest BCUT2D eigenvalue weighted by Gasteiger charge is 2.29. The molecule has 0 fully saturated rings. The maximum atomic E-state index is 11.4. The van der Waals surface area contributed by atoms with E-state index in [0.29, 0.717) is 6.54 Å². The summed E-state index contributed by atoms with van der Waals surface area (Å²) in [6.45, 7) is 0.325. The number of hydrogen-bond acceptors (Lipinski definition) is 3. The van der Waals surface area contributed by atoms with Crippen molar-refractivity contribution < 1.29 is 9.53 Å². The Kier molecular flexibility index (Phi) is 3.55. The SMILES string of the molecule is COc1ccc2c(c1)C(CN)C(=O)N2.Cl. The van der Waals surface area contributed by atoms with E-state index in [4.69, 9.17) is 10.5 Å². The highest BCUT2D eigenvalue weighted by molar-refractivity contribution is 6.03. The van der Waals surface area contributed by atoms with E-state index in [0.717, 1.165) is 17.0 Å². The van der Waals surface area contributed by atoms with Gasteiger partial charge in [0.1, 0.15) is 5.75 Å². The molecule has 0 saturated heterocycles. The maximum absolute atomic E-state index is 11.4. The van der Waals surface area contributed by atoms with E-state index in [9.17, 15) is 4.79 Å². The van der Waals surface area contributed by atoms with E-state index in [1.807, 2.05) is 18.2 Å². The largest absolute Gasteiger partial charge is 0.497 e. The molecule has 1 unspecified atom stereocenters. The van der Waals surface area contributed by atoms with Crippen LogP contribution in [-0.2, 0) is 4.79 Å². The molecule has 0 radical (unpaired) electrons. The lowest BCUT2D eigenvalue weighted by Crippen LogP contribution is -2.20. The van der Waals surface area contributed by atoms with Crippen LogP contribution in [0.3, 0.4) is 0 Å². The number of carbonyl (C=O) groups is 1. The van der Waals surface area contributed by atoms with Crippen molar-refractivity contribution in [2.75, 3.05) is 19.0 Å². The van der Waals surface area contributed by atoms with Crippen LogP contribution in [0.2, 0.25) is 0 Å². The third kappa shape index (κ3) is 1.91. The molecule has 5 heteroatoms. The minimum Gasteiger partial charge on any atom is -0.497 e. The first-order chi connectivity index (χ1) is 6.76. The fraction of sp³-hybridized carbons (Fsp3) is 0.300. The first kappa shape index (κ1) is 11.8. The number of ether oxygens (including phenoxy) is 1. The van der Waals surface area contributed by atoms with Crippen LogP contribution in [0, 0.1) is 0 Å². The average Bonchev–Trinajstić information content (AvgIpc) is 2.52. The summed E-state index contributed by atoms with van der Waals surface area (Å²) in [6, 6.07) is 5.50. The van der Waals surface area contributed by atoms with E-state index < -0.39 is 0 Å². The molecule has 4 nitrogen and oxygen atoms in total. The van der Waals surface area contributed by atoms with Gasteiger partial charge in [-0.15, -0.1) is 12.4 Å². The lowest BCUT2D eigenvalue weighted by molar-refractivity contribution is -0.116. The molecule has 0 bridgehead atoms. The van der Waals surface area contributed by atoms with Crippen molar-refractivity contribution in [1.29, 1.82) is 0 Å². The highest BCUT2D eigenvalue weighted by Crippen LogP contribution is 2.34. The molecule has 1 aliphatic rings. The third-order valence-corrected chi connectivity index (χ3v) is 2.44. The standard InChI is InChI=1S/C10H12N2O2.ClH/c1-14-6-2-3-9-7(4-6)8(5-11)10(13)12-9;/h2-4,8H,5,11H2,1H3,(H,12,13);1H. The summed E-state index contributed by atoms with van der Waals surface area (Å²) >= 11 is 0. The fourth-order valence-electron chi connectivity index (χ4n) is 1.67. The monoisotopic (exact) mass is 228 g/mol. The molecule has 0 saturated carbocycles. The number of hydrogen-bond donors (Lipinski definition) is 2. The fourth-order valence-corrected chi connectivity index (χ4v) is 1.67. The van der Waals surface area contributed by atoms with Crippen molar-refractivity contribution in [3.63, 3.8) is 0 Å². The van der Waals surface area contributed by atoms with Crippen molar-refractivity contribution in [3.8, 4) is 5.75 Å². The number of anilines is 1. The molecule has 1 heterocycles. The average molecular weight is 229 g/mol. The van der Waals surface area contributed by atoms with Gasteiger partial charge in [0.2, 0.25) is 5.91 Å². The summed E-state index contributed by atoms with van der Waals surface area (Å²) in [4.78, 5) is 11.4. The lowest BCUT2D eigenvalue weighted by Gasteiger charge is -2.06. The molecule has 3 N–H and O–H groups in total. The Hall–Kier alpha value is -1.26. The summed E-state index contributed by atoms with van der Waals surface area (Å²) in [5, 5.41) is 2.78. The molecular formula is C10H13ClN2O2. The van der Waals surface area contributed by atoms with Crippen LogP contribution in [0.5, 0.6) is 5.75 Å². The predicted molar refractivity (Wildman–Crippen MR) is 60.7 cm³/mol. The molecular weight excluding hydrogens is 216 g/mol. The number of nitrogens with two attached hydrogens (primary N) is 1. The smallest absolute Gasteiger partial charge is 0.233 e. The van der Waals surface area contributed by atoms with E-state index in [1.54, 1.807) is 7.11 Å². The number of carbonyl (C=O) groups excluding carboxylic acids is 1. The van der Waals surface area contributed by atoms with E-state index in [-0.39, 0.29) is 24.2 Å². The Labute approximate surface area is 94.2 Å². The Bertz CT molecular complexity index is 382. The van der Waals surface area contributed by atoms with Gasteiger partial charge in [0.15, 0.2) is 0 Å². The summed E-state index contributed by atoms with van der Waals surface area (Å²) in [7, 11) is 1.60. The van der Waals surface area contributed by atoms with E-state index in [2.05, 4.69) is 5.32 Å². The number of amides is 1. The highest BCUT2D eigenvalue weighted by atomic mass is 35.5. The number of halogens is 1. The van der Waals surface area contributed by atoms with Crippen molar-refractivity contribution in [3.05, 3.63) is 23.8 Å². The molecule has 82 valence electrons. The van der Waals surface area contributed by atoms with Gasteiger partial charge in [0.05, 0.1) is 13.0 Å². The Balaban J connectivity index is 0.00000112. The van der Waals surface area contributed by atoms with Gasteiger partial charge in [-0.1, -0.05) is 0 Å². The number of methoxy groups -OCH3 is 1. The topological polar surface area (TPSA) is 64.3 Å². The Morgan fingerprint density at radius 3 is 2.87 bits per heavy atom. The van der Waals surface area contributed by atoms with Crippen LogP contribution in [0.1, 0.15) is 11.5 Å². The van der Waals surface area contributed by atoms with Gasteiger partial charge < -0.3 is 15.8 Å². The van der Waals surface area contributed by atoms with Crippen LogP contribution >= 0.6 is 12.4 Å². The summed E-state index contributed by atoms with van der Waals surface area (Å²) in [6.07, 6.45) is 0. The minimum atomic E-state index is -0.236. The van der Waals surface area contributed by atoms with Gasteiger partial charge in [0, 0.05) is 12.2 Å². The second-order valence-electron chi connectivity index (χ2n) is 3.23. The van der Waals surface area contributed by atoms with Crippen molar-refractivity contribution in [1.82, 2.24) is 0 Å². The molecule has 1 aromatic carbocycles. The number of nitrogens with one attached hydrogen (secondary N) is 1. The summed E-state index contributed by atoms with van der Waals surface area (Å²) < 4.78 is 5.09. The van der Waals surface area contributed by atoms with Crippen LogP contribution in [-0.4, -0.2) is 19.6 Å².